The maximum atomic E-state index is 9.52. The van der Waals surface area contributed by atoms with Crippen LogP contribution in [0.2, 0.25) is 0 Å². The summed E-state index contributed by atoms with van der Waals surface area (Å²) in [6.45, 7) is 0.657. The SMILES string of the molecule is NSCCNC=O. The minimum atomic E-state index is 0.657. The van der Waals surface area contributed by atoms with Gasteiger partial charge in [0.25, 0.3) is 0 Å². The lowest BCUT2D eigenvalue weighted by molar-refractivity contribution is -0.109. The minimum absolute atomic E-state index is 0.657. The van der Waals surface area contributed by atoms with Crippen LogP contribution < -0.4 is 10.5 Å². The highest BCUT2D eigenvalue weighted by Crippen LogP contribution is 1.78. The van der Waals surface area contributed by atoms with Crippen LogP contribution in [-0.4, -0.2) is 18.7 Å². The third-order valence-corrected chi connectivity index (χ3v) is 0.887. The number of nitrogens with two attached hydrogens (primary N) is 1. The van der Waals surface area contributed by atoms with Crippen LogP contribution in [0.1, 0.15) is 0 Å². The summed E-state index contributed by atoms with van der Waals surface area (Å²) in [4.78, 5) is 9.52. The Morgan fingerprint density at radius 2 is 2.57 bits per heavy atom. The normalized spacial score (nSPS) is 8.14. The Kier molecular flexibility index (Phi) is 5.60. The first-order valence-electron chi connectivity index (χ1n) is 1.90. The third kappa shape index (κ3) is 5.78. The Morgan fingerprint density at radius 3 is 3.00 bits per heavy atom. The van der Waals surface area contributed by atoms with Crippen molar-refractivity contribution in [1.29, 1.82) is 0 Å². The fourth-order valence-corrected chi connectivity index (χ4v) is 0.412. The minimum Gasteiger partial charge on any atom is -0.358 e. The van der Waals surface area contributed by atoms with Crippen LogP contribution >= 0.6 is 11.9 Å². The van der Waals surface area contributed by atoms with Crippen LogP contribution in [-0.2, 0) is 4.79 Å². The molecular formula is C3H8N2OS. The molecular weight excluding hydrogens is 112 g/mol. The maximum absolute atomic E-state index is 9.52. The second-order valence-corrected chi connectivity index (χ2v) is 1.68. The van der Waals surface area contributed by atoms with Crippen LogP contribution in [0.3, 0.4) is 0 Å². The molecule has 0 saturated carbocycles. The highest BCUT2D eigenvalue weighted by molar-refractivity contribution is 7.97. The van der Waals surface area contributed by atoms with Crippen LogP contribution in [0, 0.1) is 0 Å². The van der Waals surface area contributed by atoms with Gasteiger partial charge in [-0.1, -0.05) is 11.9 Å². The first kappa shape index (κ1) is 6.78. The standard InChI is InChI=1S/C3H8N2OS/c4-7-2-1-5-3-6/h3H,1-2,4H2,(H,5,6). The van der Waals surface area contributed by atoms with E-state index in [9.17, 15) is 4.79 Å². The molecule has 3 N–H and O–H groups in total. The summed E-state index contributed by atoms with van der Waals surface area (Å²) in [5.41, 5.74) is 0. The Morgan fingerprint density at radius 1 is 1.86 bits per heavy atom. The second-order valence-electron chi connectivity index (χ2n) is 0.943. The predicted molar refractivity (Wildman–Crippen MR) is 30.7 cm³/mol. The molecule has 0 spiro atoms. The predicted octanol–water partition coefficient (Wildman–Crippen LogP) is -0.661. The molecule has 3 nitrogen and oxygen atoms in total. The Labute approximate surface area is 46.8 Å². The van der Waals surface area contributed by atoms with Gasteiger partial charge in [-0.3, -0.25) is 9.93 Å². The lowest BCUT2D eigenvalue weighted by atomic mass is 10.8. The fourth-order valence-electron chi connectivity index (χ4n) is 0.177. The van der Waals surface area contributed by atoms with Crippen molar-refractivity contribution in [2.24, 2.45) is 5.14 Å². The van der Waals surface area contributed by atoms with Crippen molar-refractivity contribution < 1.29 is 4.79 Å². The van der Waals surface area contributed by atoms with Crippen molar-refractivity contribution in [1.82, 2.24) is 5.32 Å². The molecule has 0 aliphatic heterocycles. The first-order valence-corrected chi connectivity index (χ1v) is 2.95. The van der Waals surface area contributed by atoms with Gasteiger partial charge in [0, 0.05) is 12.3 Å². The zero-order chi connectivity index (χ0) is 5.54. The largest absolute Gasteiger partial charge is 0.358 e. The monoisotopic (exact) mass is 120 g/mol. The molecule has 0 saturated heterocycles. The van der Waals surface area contributed by atoms with Gasteiger partial charge in [-0.15, -0.1) is 0 Å². The summed E-state index contributed by atoms with van der Waals surface area (Å²) < 4.78 is 0. The number of amides is 1. The van der Waals surface area contributed by atoms with Crippen molar-refractivity contribution in [3.63, 3.8) is 0 Å². The van der Waals surface area contributed by atoms with E-state index < -0.39 is 0 Å². The number of hydrogen-bond donors (Lipinski definition) is 2. The molecule has 0 rings (SSSR count). The van der Waals surface area contributed by atoms with Gasteiger partial charge in [0.2, 0.25) is 6.41 Å². The third-order valence-electron chi connectivity index (χ3n) is 0.448. The maximum Gasteiger partial charge on any atom is 0.207 e. The average molecular weight is 120 g/mol. The highest BCUT2D eigenvalue weighted by atomic mass is 32.2. The van der Waals surface area contributed by atoms with Gasteiger partial charge in [-0.2, -0.15) is 0 Å². The van der Waals surface area contributed by atoms with E-state index in [1.54, 1.807) is 0 Å². The molecule has 0 fully saturated rings. The van der Waals surface area contributed by atoms with Crippen molar-refractivity contribution in [2.75, 3.05) is 12.3 Å². The number of carbonyl (C=O) groups is 1. The Bertz CT molecular complexity index is 50.2. The van der Waals surface area contributed by atoms with E-state index in [4.69, 9.17) is 5.14 Å². The van der Waals surface area contributed by atoms with E-state index in [2.05, 4.69) is 5.32 Å². The van der Waals surface area contributed by atoms with Gasteiger partial charge in [0.15, 0.2) is 0 Å². The molecule has 0 bridgehead atoms. The molecule has 0 aromatic rings. The van der Waals surface area contributed by atoms with Crippen LogP contribution in [0.5, 0.6) is 0 Å². The van der Waals surface area contributed by atoms with Gasteiger partial charge in [0.05, 0.1) is 0 Å². The van der Waals surface area contributed by atoms with Gasteiger partial charge in [0.1, 0.15) is 0 Å². The van der Waals surface area contributed by atoms with E-state index in [0.29, 0.717) is 13.0 Å². The molecule has 0 aromatic heterocycles. The molecule has 0 unspecified atom stereocenters. The second kappa shape index (κ2) is 5.78. The van der Waals surface area contributed by atoms with E-state index in [-0.39, 0.29) is 0 Å². The summed E-state index contributed by atoms with van der Waals surface area (Å²) in [7, 11) is 0. The van der Waals surface area contributed by atoms with Crippen molar-refractivity contribution in [3.05, 3.63) is 0 Å². The molecule has 7 heavy (non-hydrogen) atoms. The zero-order valence-corrected chi connectivity index (χ0v) is 4.70. The molecule has 1 amide bonds. The molecule has 0 aromatic carbocycles. The van der Waals surface area contributed by atoms with Gasteiger partial charge < -0.3 is 5.32 Å². The summed E-state index contributed by atoms with van der Waals surface area (Å²) >= 11 is 1.22. The van der Waals surface area contributed by atoms with Crippen LogP contribution in [0.15, 0.2) is 0 Å². The van der Waals surface area contributed by atoms with E-state index in [1.165, 1.54) is 11.9 Å². The molecule has 4 heteroatoms. The lowest BCUT2D eigenvalue weighted by Crippen LogP contribution is -2.14. The van der Waals surface area contributed by atoms with Gasteiger partial charge >= 0.3 is 0 Å². The molecule has 0 atom stereocenters. The van der Waals surface area contributed by atoms with Gasteiger partial charge in [-0.05, 0) is 0 Å². The fraction of sp³-hybridized carbons (Fsp3) is 0.667. The number of hydrogen-bond acceptors (Lipinski definition) is 3. The quantitative estimate of drug-likeness (QED) is 0.294. The number of carbonyl (C=O) groups excluding carboxylic acids is 1. The van der Waals surface area contributed by atoms with E-state index >= 15 is 0 Å². The lowest BCUT2D eigenvalue weighted by Gasteiger charge is -1.90. The number of nitrogens with one attached hydrogen (secondary N) is 1. The molecule has 0 aliphatic carbocycles. The van der Waals surface area contributed by atoms with Gasteiger partial charge in [-0.25, -0.2) is 0 Å². The average Bonchev–Trinajstić information content (AvgIpc) is 1.69. The summed E-state index contributed by atoms with van der Waals surface area (Å²) in [6, 6.07) is 0. The number of rotatable bonds is 4. The highest BCUT2D eigenvalue weighted by Gasteiger charge is 1.77. The van der Waals surface area contributed by atoms with Crippen molar-refractivity contribution in [2.45, 2.75) is 0 Å². The van der Waals surface area contributed by atoms with E-state index in [1.807, 2.05) is 0 Å². The van der Waals surface area contributed by atoms with Crippen LogP contribution in [0.25, 0.3) is 0 Å². The first-order chi connectivity index (χ1) is 3.41. The molecule has 0 radical (unpaired) electrons. The molecule has 0 aliphatic rings. The Balaban J connectivity index is 2.56. The zero-order valence-electron chi connectivity index (χ0n) is 3.89. The summed E-state index contributed by atoms with van der Waals surface area (Å²) in [5, 5.41) is 7.50. The topological polar surface area (TPSA) is 55.1 Å². The van der Waals surface area contributed by atoms with Crippen LogP contribution in [0.4, 0.5) is 0 Å². The smallest absolute Gasteiger partial charge is 0.207 e. The summed E-state index contributed by atoms with van der Waals surface area (Å²) in [5.74, 6) is 0.777. The van der Waals surface area contributed by atoms with E-state index in [0.717, 1.165) is 5.75 Å². The Hall–Kier alpha value is -0.220. The molecule has 42 valence electrons. The summed E-state index contributed by atoms with van der Waals surface area (Å²) in [6.07, 6.45) is 0.663. The molecule has 0 heterocycles. The van der Waals surface area contributed by atoms with Crippen molar-refractivity contribution in [3.8, 4) is 0 Å². The van der Waals surface area contributed by atoms with Crippen molar-refractivity contribution >= 4 is 18.4 Å².